The largest absolute Gasteiger partial charge is 0.493 e. The summed E-state index contributed by atoms with van der Waals surface area (Å²) in [5.41, 5.74) is 1.26. The van der Waals surface area contributed by atoms with Crippen molar-refractivity contribution in [2.45, 2.75) is 13.3 Å². The normalized spacial score (nSPS) is 9.93. The van der Waals surface area contributed by atoms with Gasteiger partial charge in [0.25, 0.3) is 0 Å². The van der Waals surface area contributed by atoms with Crippen molar-refractivity contribution >= 4 is 15.9 Å². The van der Waals surface area contributed by atoms with E-state index in [9.17, 15) is 0 Å². The molecule has 0 aliphatic carbocycles. The molecule has 0 aliphatic rings. The molecule has 0 aliphatic heterocycles. The first kappa shape index (κ1) is 11.4. The summed E-state index contributed by atoms with van der Waals surface area (Å²) in [6.07, 6.45) is 1.01. The van der Waals surface area contributed by atoms with E-state index in [0.29, 0.717) is 6.61 Å². The second-order valence-electron chi connectivity index (χ2n) is 2.88. The third-order valence-corrected chi connectivity index (χ3v) is 2.29. The highest BCUT2D eigenvalue weighted by molar-refractivity contribution is 9.09. The highest BCUT2D eigenvalue weighted by Crippen LogP contribution is 2.28. The molecule has 14 heavy (non-hydrogen) atoms. The van der Waals surface area contributed by atoms with E-state index in [2.05, 4.69) is 28.9 Å². The molecule has 0 saturated heterocycles. The third kappa shape index (κ3) is 2.91. The van der Waals surface area contributed by atoms with Crippen LogP contribution in [0.1, 0.15) is 12.5 Å². The third-order valence-electron chi connectivity index (χ3n) is 1.97. The van der Waals surface area contributed by atoms with Crippen LogP contribution in [0.25, 0.3) is 0 Å². The Morgan fingerprint density at radius 1 is 1.29 bits per heavy atom. The van der Waals surface area contributed by atoms with E-state index in [-0.39, 0.29) is 0 Å². The van der Waals surface area contributed by atoms with Gasteiger partial charge in [-0.1, -0.05) is 28.9 Å². The summed E-state index contributed by atoms with van der Waals surface area (Å²) in [6.45, 7) is 2.77. The summed E-state index contributed by atoms with van der Waals surface area (Å²) in [4.78, 5) is 0. The zero-order valence-corrected chi connectivity index (χ0v) is 10.1. The van der Waals surface area contributed by atoms with Crippen LogP contribution >= 0.6 is 15.9 Å². The van der Waals surface area contributed by atoms with Gasteiger partial charge < -0.3 is 9.47 Å². The number of aryl methyl sites for hydroxylation is 1. The van der Waals surface area contributed by atoms with Gasteiger partial charge in [-0.3, -0.25) is 0 Å². The first-order valence-corrected chi connectivity index (χ1v) is 5.79. The lowest BCUT2D eigenvalue weighted by atomic mass is 10.1. The number of methoxy groups -OCH3 is 1. The summed E-state index contributed by atoms with van der Waals surface area (Å²) in [7, 11) is 1.66. The van der Waals surface area contributed by atoms with Crippen LogP contribution in [0, 0.1) is 0 Å². The maximum Gasteiger partial charge on any atom is 0.161 e. The van der Waals surface area contributed by atoms with E-state index in [1.54, 1.807) is 7.11 Å². The van der Waals surface area contributed by atoms with Crippen molar-refractivity contribution in [3.05, 3.63) is 23.8 Å². The highest BCUT2D eigenvalue weighted by atomic mass is 79.9. The first-order chi connectivity index (χ1) is 6.81. The van der Waals surface area contributed by atoms with Crippen molar-refractivity contribution in [1.29, 1.82) is 0 Å². The van der Waals surface area contributed by atoms with Crippen LogP contribution in [-0.4, -0.2) is 19.0 Å². The molecule has 1 aromatic carbocycles. The SMILES string of the molecule is CCc1ccc(OCCBr)c(OC)c1. The molecule has 0 radical (unpaired) electrons. The van der Waals surface area contributed by atoms with Gasteiger partial charge in [-0.25, -0.2) is 0 Å². The Bertz CT molecular complexity index is 287. The minimum atomic E-state index is 0.655. The lowest BCUT2D eigenvalue weighted by molar-refractivity contribution is 0.314. The predicted octanol–water partition coefficient (Wildman–Crippen LogP) is 3.03. The van der Waals surface area contributed by atoms with Crippen molar-refractivity contribution in [1.82, 2.24) is 0 Å². The van der Waals surface area contributed by atoms with E-state index in [1.807, 2.05) is 12.1 Å². The number of halogens is 1. The molecule has 0 fully saturated rings. The fraction of sp³-hybridized carbons (Fsp3) is 0.455. The maximum absolute atomic E-state index is 5.50. The van der Waals surface area contributed by atoms with E-state index in [1.165, 1.54) is 5.56 Å². The lowest BCUT2D eigenvalue weighted by Crippen LogP contribution is -2.00. The van der Waals surface area contributed by atoms with Crippen LogP contribution in [0.3, 0.4) is 0 Å². The fourth-order valence-electron chi connectivity index (χ4n) is 1.20. The van der Waals surface area contributed by atoms with E-state index in [4.69, 9.17) is 9.47 Å². The van der Waals surface area contributed by atoms with Crippen LogP contribution in [-0.2, 0) is 6.42 Å². The molecule has 0 atom stereocenters. The second-order valence-corrected chi connectivity index (χ2v) is 3.67. The molecule has 0 spiro atoms. The first-order valence-electron chi connectivity index (χ1n) is 4.67. The predicted molar refractivity (Wildman–Crippen MR) is 61.7 cm³/mol. The number of hydrogen-bond acceptors (Lipinski definition) is 2. The number of hydrogen-bond donors (Lipinski definition) is 0. The van der Waals surface area contributed by atoms with Gasteiger partial charge in [0.05, 0.1) is 13.7 Å². The average molecular weight is 259 g/mol. The molecule has 78 valence electrons. The Morgan fingerprint density at radius 3 is 2.64 bits per heavy atom. The molecule has 0 bridgehead atoms. The molecule has 0 aromatic heterocycles. The van der Waals surface area contributed by atoms with Gasteiger partial charge in [0.2, 0.25) is 0 Å². The molecule has 0 N–H and O–H groups in total. The number of alkyl halides is 1. The Morgan fingerprint density at radius 2 is 2.07 bits per heavy atom. The summed E-state index contributed by atoms with van der Waals surface area (Å²) in [5.74, 6) is 1.62. The van der Waals surface area contributed by atoms with E-state index in [0.717, 1.165) is 23.2 Å². The van der Waals surface area contributed by atoms with Crippen molar-refractivity contribution in [3.63, 3.8) is 0 Å². The number of rotatable bonds is 5. The van der Waals surface area contributed by atoms with Crippen molar-refractivity contribution in [3.8, 4) is 11.5 Å². The quantitative estimate of drug-likeness (QED) is 0.757. The van der Waals surface area contributed by atoms with Gasteiger partial charge in [-0.05, 0) is 24.1 Å². The minimum Gasteiger partial charge on any atom is -0.493 e. The summed E-state index contributed by atoms with van der Waals surface area (Å²) < 4.78 is 10.7. The standard InChI is InChI=1S/C11H15BrO2/c1-3-9-4-5-10(14-7-6-12)11(8-9)13-2/h4-5,8H,3,6-7H2,1-2H3. The zero-order chi connectivity index (χ0) is 10.4. The molecule has 0 saturated carbocycles. The smallest absolute Gasteiger partial charge is 0.161 e. The van der Waals surface area contributed by atoms with Gasteiger partial charge >= 0.3 is 0 Å². The summed E-state index contributed by atoms with van der Waals surface area (Å²) >= 11 is 3.32. The Kier molecular flexibility index (Phi) is 4.80. The van der Waals surface area contributed by atoms with Crippen molar-refractivity contribution < 1.29 is 9.47 Å². The molecule has 1 rings (SSSR count). The van der Waals surface area contributed by atoms with Crippen LogP contribution in [0.5, 0.6) is 11.5 Å². The zero-order valence-electron chi connectivity index (χ0n) is 8.55. The van der Waals surface area contributed by atoms with Crippen LogP contribution in [0.15, 0.2) is 18.2 Å². The molecule has 2 nitrogen and oxygen atoms in total. The Labute approximate surface area is 93.4 Å². The monoisotopic (exact) mass is 258 g/mol. The highest BCUT2D eigenvalue weighted by Gasteiger charge is 2.04. The number of benzene rings is 1. The topological polar surface area (TPSA) is 18.5 Å². The summed E-state index contributed by atoms with van der Waals surface area (Å²) in [6, 6.07) is 6.04. The Balaban J connectivity index is 2.82. The fourth-order valence-corrected chi connectivity index (χ4v) is 1.36. The van der Waals surface area contributed by atoms with Gasteiger partial charge in [-0.15, -0.1) is 0 Å². The summed E-state index contributed by atoms with van der Waals surface area (Å²) in [5, 5.41) is 0.825. The molecule has 0 amide bonds. The average Bonchev–Trinajstić information content (AvgIpc) is 2.26. The Hall–Kier alpha value is -0.700. The molecule has 0 heterocycles. The number of ether oxygens (including phenoxy) is 2. The van der Waals surface area contributed by atoms with Gasteiger partial charge in [0.1, 0.15) is 0 Å². The minimum absolute atomic E-state index is 0.655. The van der Waals surface area contributed by atoms with Crippen molar-refractivity contribution in [2.24, 2.45) is 0 Å². The molecule has 1 aromatic rings. The lowest BCUT2D eigenvalue weighted by Gasteiger charge is -2.10. The maximum atomic E-state index is 5.50. The van der Waals surface area contributed by atoms with Gasteiger partial charge in [0.15, 0.2) is 11.5 Å². The van der Waals surface area contributed by atoms with Crippen molar-refractivity contribution in [2.75, 3.05) is 19.0 Å². The molecule has 0 unspecified atom stereocenters. The van der Waals surface area contributed by atoms with Crippen LogP contribution in [0.2, 0.25) is 0 Å². The second kappa shape index (κ2) is 5.91. The molecular formula is C11H15BrO2. The van der Waals surface area contributed by atoms with E-state index < -0.39 is 0 Å². The van der Waals surface area contributed by atoms with Gasteiger partial charge in [-0.2, -0.15) is 0 Å². The van der Waals surface area contributed by atoms with Crippen LogP contribution in [0.4, 0.5) is 0 Å². The van der Waals surface area contributed by atoms with E-state index >= 15 is 0 Å². The molecule has 3 heteroatoms. The van der Waals surface area contributed by atoms with Gasteiger partial charge in [0, 0.05) is 5.33 Å². The molecular weight excluding hydrogens is 244 g/mol. The van der Waals surface area contributed by atoms with Crippen LogP contribution < -0.4 is 9.47 Å².